The molecule has 0 N–H and O–H groups in total. The van der Waals surface area contributed by atoms with Crippen LogP contribution in [0.5, 0.6) is 0 Å². The molecule has 2 aliphatic heterocycles. The Morgan fingerprint density at radius 3 is 2.44 bits per heavy atom. The van der Waals surface area contributed by atoms with Gasteiger partial charge in [-0.05, 0) is 43.6 Å². The zero-order chi connectivity index (χ0) is 10.8. The van der Waals surface area contributed by atoms with Crippen LogP contribution in [0.15, 0.2) is 23.8 Å². The third-order valence-corrected chi connectivity index (χ3v) is 6.65. The van der Waals surface area contributed by atoms with E-state index in [4.69, 9.17) is 0 Å². The first-order valence-electron chi connectivity index (χ1n) is 6.39. The van der Waals surface area contributed by atoms with E-state index in [2.05, 4.69) is 41.8 Å². The van der Waals surface area contributed by atoms with Gasteiger partial charge in [-0.15, -0.1) is 0 Å². The molecule has 2 heterocycles. The fraction of sp³-hybridized carbons (Fsp3) is 0.643. The van der Waals surface area contributed by atoms with Crippen LogP contribution in [0.25, 0.3) is 0 Å². The first kappa shape index (κ1) is 11.3. The van der Waals surface area contributed by atoms with E-state index in [1.807, 2.05) is 0 Å². The maximum atomic E-state index is 2.38. The SMILES string of the molecule is C1=C[C](C2CCCS2)CC(C2CCCS2)=C1. The number of rotatable bonds is 2. The van der Waals surface area contributed by atoms with Crippen LogP contribution in [0.2, 0.25) is 0 Å². The molecule has 2 saturated heterocycles. The molecule has 0 amide bonds. The van der Waals surface area contributed by atoms with E-state index in [1.165, 1.54) is 43.6 Å². The van der Waals surface area contributed by atoms with Gasteiger partial charge < -0.3 is 0 Å². The molecule has 0 aromatic heterocycles. The van der Waals surface area contributed by atoms with Gasteiger partial charge in [0, 0.05) is 16.4 Å². The second-order valence-electron chi connectivity index (χ2n) is 4.86. The maximum Gasteiger partial charge on any atom is 0.0260 e. The number of hydrogen-bond donors (Lipinski definition) is 0. The van der Waals surface area contributed by atoms with E-state index in [-0.39, 0.29) is 0 Å². The summed E-state index contributed by atoms with van der Waals surface area (Å²) in [5.74, 6) is 4.45. The standard InChI is InChI=1S/C14H19S2/c1-4-11(13-6-2-8-15-13)10-12(5-1)14-7-3-9-16-14/h1,4-5,13-14H,2-3,6-10H2. The summed E-state index contributed by atoms with van der Waals surface area (Å²) in [4.78, 5) is 0. The Morgan fingerprint density at radius 1 is 1.00 bits per heavy atom. The second kappa shape index (κ2) is 5.22. The van der Waals surface area contributed by atoms with Gasteiger partial charge in [0.15, 0.2) is 0 Å². The summed E-state index contributed by atoms with van der Waals surface area (Å²) in [6.07, 6.45) is 14.0. The van der Waals surface area contributed by atoms with Gasteiger partial charge in [0.2, 0.25) is 0 Å². The van der Waals surface area contributed by atoms with Gasteiger partial charge in [-0.1, -0.05) is 23.8 Å². The van der Waals surface area contributed by atoms with Crippen molar-refractivity contribution >= 4 is 23.5 Å². The van der Waals surface area contributed by atoms with Gasteiger partial charge in [-0.2, -0.15) is 23.5 Å². The predicted molar refractivity (Wildman–Crippen MR) is 76.0 cm³/mol. The monoisotopic (exact) mass is 251 g/mol. The molecule has 2 atom stereocenters. The number of thioether (sulfide) groups is 2. The average Bonchev–Trinajstić information content (AvgIpc) is 3.03. The van der Waals surface area contributed by atoms with E-state index < -0.39 is 0 Å². The number of hydrogen-bond acceptors (Lipinski definition) is 2. The molecule has 2 heteroatoms. The lowest BCUT2D eigenvalue weighted by atomic mass is 9.87. The summed E-state index contributed by atoms with van der Waals surface area (Å²) < 4.78 is 0. The lowest BCUT2D eigenvalue weighted by Gasteiger charge is -2.25. The van der Waals surface area contributed by atoms with Crippen LogP contribution in [0.3, 0.4) is 0 Å². The molecule has 3 rings (SSSR count). The van der Waals surface area contributed by atoms with Crippen molar-refractivity contribution in [1.29, 1.82) is 0 Å². The van der Waals surface area contributed by atoms with E-state index in [0.29, 0.717) is 0 Å². The van der Waals surface area contributed by atoms with Gasteiger partial charge in [0.05, 0.1) is 0 Å². The maximum absolute atomic E-state index is 2.38. The zero-order valence-corrected chi connectivity index (χ0v) is 11.3. The Hall–Kier alpha value is 0.180. The first-order chi connectivity index (χ1) is 7.93. The highest BCUT2D eigenvalue weighted by atomic mass is 32.2. The first-order valence-corrected chi connectivity index (χ1v) is 8.49. The third kappa shape index (κ3) is 2.38. The van der Waals surface area contributed by atoms with Gasteiger partial charge in [0.25, 0.3) is 0 Å². The van der Waals surface area contributed by atoms with Crippen LogP contribution >= 0.6 is 23.5 Å². The minimum absolute atomic E-state index is 0.839. The molecule has 2 unspecified atom stereocenters. The molecular formula is C14H19S2. The van der Waals surface area contributed by atoms with E-state index >= 15 is 0 Å². The summed E-state index contributed by atoms with van der Waals surface area (Å²) >= 11 is 4.34. The molecule has 16 heavy (non-hydrogen) atoms. The fourth-order valence-electron chi connectivity index (χ4n) is 2.83. The van der Waals surface area contributed by atoms with Crippen molar-refractivity contribution in [3.05, 3.63) is 29.7 Å². The molecule has 0 aromatic rings. The molecule has 1 radical (unpaired) electrons. The van der Waals surface area contributed by atoms with Crippen LogP contribution in [0.4, 0.5) is 0 Å². The minimum atomic E-state index is 0.839. The molecule has 0 aromatic carbocycles. The van der Waals surface area contributed by atoms with Crippen molar-refractivity contribution in [2.24, 2.45) is 0 Å². The van der Waals surface area contributed by atoms with Crippen LogP contribution in [-0.4, -0.2) is 22.0 Å². The van der Waals surface area contributed by atoms with E-state index in [9.17, 15) is 0 Å². The lowest BCUT2D eigenvalue weighted by molar-refractivity contribution is 0.746. The molecule has 2 fully saturated rings. The summed E-state index contributed by atoms with van der Waals surface area (Å²) in [6.45, 7) is 0. The Balaban J connectivity index is 1.64. The average molecular weight is 251 g/mol. The number of allylic oxidation sites excluding steroid dienone is 3. The smallest absolute Gasteiger partial charge is 0.0260 e. The van der Waals surface area contributed by atoms with Gasteiger partial charge in [0.1, 0.15) is 0 Å². The van der Waals surface area contributed by atoms with Crippen molar-refractivity contribution in [2.75, 3.05) is 11.5 Å². The van der Waals surface area contributed by atoms with Crippen molar-refractivity contribution in [1.82, 2.24) is 0 Å². The van der Waals surface area contributed by atoms with Crippen molar-refractivity contribution in [2.45, 2.75) is 42.6 Å². The van der Waals surface area contributed by atoms with E-state index in [0.717, 1.165) is 10.5 Å². The highest BCUT2D eigenvalue weighted by molar-refractivity contribution is 8.00. The molecule has 0 nitrogen and oxygen atoms in total. The Morgan fingerprint density at radius 2 is 1.75 bits per heavy atom. The highest BCUT2D eigenvalue weighted by Gasteiger charge is 2.29. The van der Waals surface area contributed by atoms with Gasteiger partial charge >= 0.3 is 0 Å². The normalized spacial score (nSPS) is 35.6. The molecular weight excluding hydrogens is 232 g/mol. The third-order valence-electron chi connectivity index (χ3n) is 3.72. The van der Waals surface area contributed by atoms with Gasteiger partial charge in [-0.3, -0.25) is 0 Å². The lowest BCUT2D eigenvalue weighted by Crippen LogP contribution is -2.16. The van der Waals surface area contributed by atoms with E-state index in [1.54, 1.807) is 11.5 Å². The van der Waals surface area contributed by atoms with Crippen LogP contribution in [0.1, 0.15) is 32.1 Å². The van der Waals surface area contributed by atoms with Crippen LogP contribution in [0, 0.1) is 5.92 Å². The predicted octanol–water partition coefficient (Wildman–Crippen LogP) is 4.24. The Bertz CT molecular complexity index is 294. The fourth-order valence-corrected chi connectivity index (χ4v) is 5.49. The Kier molecular flexibility index (Phi) is 3.68. The summed E-state index contributed by atoms with van der Waals surface area (Å²) in [7, 11) is 0. The molecule has 0 spiro atoms. The van der Waals surface area contributed by atoms with Gasteiger partial charge in [-0.25, -0.2) is 0 Å². The highest BCUT2D eigenvalue weighted by Crippen LogP contribution is 2.42. The molecule has 0 bridgehead atoms. The molecule has 1 aliphatic carbocycles. The zero-order valence-electron chi connectivity index (χ0n) is 9.65. The summed E-state index contributed by atoms with van der Waals surface area (Å²) in [5.41, 5.74) is 1.70. The van der Waals surface area contributed by atoms with Crippen LogP contribution < -0.4 is 0 Å². The second-order valence-corrected chi connectivity index (χ2v) is 7.48. The molecule has 3 aliphatic rings. The quantitative estimate of drug-likeness (QED) is 0.720. The minimum Gasteiger partial charge on any atom is -0.158 e. The molecule has 0 saturated carbocycles. The van der Waals surface area contributed by atoms with Crippen molar-refractivity contribution < 1.29 is 0 Å². The molecule has 87 valence electrons. The summed E-state index contributed by atoms with van der Waals surface area (Å²) in [5, 5.41) is 1.68. The summed E-state index contributed by atoms with van der Waals surface area (Å²) in [6, 6.07) is 0. The van der Waals surface area contributed by atoms with Crippen LogP contribution in [-0.2, 0) is 0 Å². The van der Waals surface area contributed by atoms with Crippen molar-refractivity contribution in [3.63, 3.8) is 0 Å². The largest absolute Gasteiger partial charge is 0.158 e. The van der Waals surface area contributed by atoms with Crippen molar-refractivity contribution in [3.8, 4) is 0 Å². The Labute approximate surface area is 107 Å². The topological polar surface area (TPSA) is 0 Å².